The molecule has 0 atom stereocenters. The Hall–Kier alpha value is -2.27. The molecular weight excluding hydrogens is 270 g/mol. The minimum atomic E-state index is -0.518. The summed E-state index contributed by atoms with van der Waals surface area (Å²) in [5.41, 5.74) is 0.278. The first-order valence-electron chi connectivity index (χ1n) is 5.41. The molecule has 0 bridgehead atoms. The van der Waals surface area contributed by atoms with Gasteiger partial charge >= 0.3 is 0 Å². The Balaban J connectivity index is 2.20. The highest BCUT2D eigenvalue weighted by molar-refractivity contribution is 6.30. The minimum absolute atomic E-state index is 0.0147. The first kappa shape index (κ1) is 13.2. The number of nitro benzene ring substituents is 1. The Bertz CT molecular complexity index is 615. The molecule has 5 nitrogen and oxygen atoms in total. The zero-order valence-corrected chi connectivity index (χ0v) is 10.5. The molecule has 0 aliphatic rings. The third-order valence-electron chi connectivity index (χ3n) is 2.49. The SMILES string of the molecule is O=[N+]([O-])c1cc(Cl)ccc1COc1ccccc1O. The molecule has 0 aliphatic carbocycles. The van der Waals surface area contributed by atoms with Gasteiger partial charge in [0.15, 0.2) is 11.5 Å². The number of benzene rings is 2. The number of aromatic hydroxyl groups is 1. The predicted octanol–water partition coefficient (Wildman–Crippen LogP) is 3.53. The van der Waals surface area contributed by atoms with Crippen LogP contribution in [-0.4, -0.2) is 10.0 Å². The van der Waals surface area contributed by atoms with E-state index in [1.165, 1.54) is 18.2 Å². The summed E-state index contributed by atoms with van der Waals surface area (Å²) in [6.45, 7) is -0.0228. The number of nitro groups is 1. The van der Waals surface area contributed by atoms with Crippen molar-refractivity contribution in [1.82, 2.24) is 0 Å². The van der Waals surface area contributed by atoms with Crippen molar-refractivity contribution in [3.63, 3.8) is 0 Å². The summed E-state index contributed by atoms with van der Waals surface area (Å²) in [6, 6.07) is 10.8. The molecule has 1 N–H and O–H groups in total. The second kappa shape index (κ2) is 5.58. The van der Waals surface area contributed by atoms with E-state index < -0.39 is 4.92 Å². The van der Waals surface area contributed by atoms with Gasteiger partial charge in [-0.1, -0.05) is 23.7 Å². The van der Waals surface area contributed by atoms with Crippen LogP contribution in [0.2, 0.25) is 5.02 Å². The fourth-order valence-electron chi connectivity index (χ4n) is 1.56. The van der Waals surface area contributed by atoms with Crippen LogP contribution >= 0.6 is 11.6 Å². The number of hydrogen-bond acceptors (Lipinski definition) is 4. The van der Waals surface area contributed by atoms with Crippen LogP contribution in [-0.2, 0) is 6.61 Å². The Labute approximate surface area is 114 Å². The van der Waals surface area contributed by atoms with E-state index in [9.17, 15) is 15.2 Å². The number of phenolic OH excluding ortho intramolecular Hbond substituents is 1. The summed E-state index contributed by atoms with van der Waals surface area (Å²) in [5, 5.41) is 20.7. The van der Waals surface area contributed by atoms with Crippen LogP contribution in [0.25, 0.3) is 0 Å². The molecule has 2 rings (SSSR count). The molecule has 0 aromatic heterocycles. The molecule has 0 heterocycles. The highest BCUT2D eigenvalue weighted by Crippen LogP contribution is 2.28. The number of hydrogen-bond donors (Lipinski definition) is 1. The number of ether oxygens (including phenoxy) is 1. The van der Waals surface area contributed by atoms with E-state index in [1.54, 1.807) is 24.3 Å². The van der Waals surface area contributed by atoms with Crippen molar-refractivity contribution in [3.8, 4) is 11.5 Å². The van der Waals surface area contributed by atoms with E-state index in [2.05, 4.69) is 0 Å². The standard InChI is InChI=1S/C13H10ClNO4/c14-10-6-5-9(11(7-10)15(17)18)8-19-13-4-2-1-3-12(13)16/h1-7,16H,8H2. The smallest absolute Gasteiger partial charge is 0.277 e. The summed E-state index contributed by atoms with van der Waals surface area (Å²) in [7, 11) is 0. The van der Waals surface area contributed by atoms with E-state index in [0.29, 0.717) is 5.56 Å². The number of halogens is 1. The monoisotopic (exact) mass is 279 g/mol. The average Bonchev–Trinajstić information content (AvgIpc) is 2.38. The van der Waals surface area contributed by atoms with Crippen molar-refractivity contribution in [2.75, 3.05) is 0 Å². The van der Waals surface area contributed by atoms with Crippen LogP contribution in [0.1, 0.15) is 5.56 Å². The maximum absolute atomic E-state index is 10.9. The van der Waals surface area contributed by atoms with Gasteiger partial charge in [-0.3, -0.25) is 10.1 Å². The maximum atomic E-state index is 10.9. The fraction of sp³-hybridized carbons (Fsp3) is 0.0769. The van der Waals surface area contributed by atoms with Crippen LogP contribution in [0.5, 0.6) is 11.5 Å². The van der Waals surface area contributed by atoms with Crippen LogP contribution < -0.4 is 4.74 Å². The van der Waals surface area contributed by atoms with Gasteiger partial charge in [-0.2, -0.15) is 0 Å². The number of para-hydroxylation sites is 2. The fourth-order valence-corrected chi connectivity index (χ4v) is 1.73. The van der Waals surface area contributed by atoms with E-state index in [1.807, 2.05) is 0 Å². The molecule has 0 spiro atoms. The van der Waals surface area contributed by atoms with Gasteiger partial charge in [-0.25, -0.2) is 0 Å². The second-order valence-corrected chi connectivity index (χ2v) is 4.22. The lowest BCUT2D eigenvalue weighted by Crippen LogP contribution is -2.00. The van der Waals surface area contributed by atoms with E-state index in [0.717, 1.165) is 0 Å². The lowest BCUT2D eigenvalue weighted by molar-refractivity contribution is -0.385. The first-order valence-corrected chi connectivity index (χ1v) is 5.79. The van der Waals surface area contributed by atoms with Gasteiger partial charge in [-0.15, -0.1) is 0 Å². The molecule has 0 unspecified atom stereocenters. The highest BCUT2D eigenvalue weighted by atomic mass is 35.5. The van der Waals surface area contributed by atoms with Crippen LogP contribution in [0.3, 0.4) is 0 Å². The Morgan fingerprint density at radius 1 is 1.26 bits per heavy atom. The third-order valence-corrected chi connectivity index (χ3v) is 2.73. The van der Waals surface area contributed by atoms with E-state index in [4.69, 9.17) is 16.3 Å². The van der Waals surface area contributed by atoms with Crippen molar-refractivity contribution >= 4 is 17.3 Å². The summed E-state index contributed by atoms with van der Waals surface area (Å²) in [4.78, 5) is 10.4. The number of rotatable bonds is 4. The molecule has 0 amide bonds. The molecule has 98 valence electrons. The van der Waals surface area contributed by atoms with Crippen LogP contribution in [0.4, 0.5) is 5.69 Å². The van der Waals surface area contributed by atoms with Gasteiger partial charge in [0.1, 0.15) is 6.61 Å². The van der Waals surface area contributed by atoms with Gasteiger partial charge < -0.3 is 9.84 Å². The zero-order valence-electron chi connectivity index (χ0n) is 9.75. The summed E-state index contributed by atoms with van der Waals surface area (Å²) in [5.74, 6) is 0.255. The van der Waals surface area contributed by atoms with Gasteiger partial charge in [0.05, 0.1) is 10.5 Å². The van der Waals surface area contributed by atoms with Crippen molar-refractivity contribution in [1.29, 1.82) is 0 Å². The average molecular weight is 280 g/mol. The Kier molecular flexibility index (Phi) is 3.87. The lowest BCUT2D eigenvalue weighted by Gasteiger charge is -2.08. The largest absolute Gasteiger partial charge is 0.504 e. The highest BCUT2D eigenvalue weighted by Gasteiger charge is 2.15. The Morgan fingerprint density at radius 2 is 2.00 bits per heavy atom. The van der Waals surface area contributed by atoms with E-state index in [-0.39, 0.29) is 28.8 Å². The molecule has 6 heteroatoms. The molecular formula is C13H10ClNO4. The number of nitrogens with zero attached hydrogens (tertiary/aromatic N) is 1. The molecule has 0 saturated carbocycles. The minimum Gasteiger partial charge on any atom is -0.504 e. The summed E-state index contributed by atoms with van der Waals surface area (Å²) in [6.07, 6.45) is 0. The van der Waals surface area contributed by atoms with Crippen molar-refractivity contribution in [2.24, 2.45) is 0 Å². The van der Waals surface area contributed by atoms with Crippen molar-refractivity contribution in [3.05, 3.63) is 63.2 Å². The van der Waals surface area contributed by atoms with Gasteiger partial charge in [0.2, 0.25) is 0 Å². The lowest BCUT2D eigenvalue weighted by atomic mass is 10.2. The predicted molar refractivity (Wildman–Crippen MR) is 70.5 cm³/mol. The van der Waals surface area contributed by atoms with Crippen LogP contribution in [0, 0.1) is 10.1 Å². The van der Waals surface area contributed by atoms with Crippen molar-refractivity contribution < 1.29 is 14.8 Å². The first-order chi connectivity index (χ1) is 9.08. The van der Waals surface area contributed by atoms with Gasteiger partial charge in [0.25, 0.3) is 5.69 Å². The summed E-state index contributed by atoms with van der Waals surface area (Å²) < 4.78 is 5.36. The molecule has 0 saturated heterocycles. The molecule has 0 fully saturated rings. The number of phenols is 1. The molecule has 19 heavy (non-hydrogen) atoms. The maximum Gasteiger partial charge on any atom is 0.277 e. The van der Waals surface area contributed by atoms with Crippen molar-refractivity contribution in [2.45, 2.75) is 6.61 Å². The normalized spacial score (nSPS) is 10.2. The zero-order chi connectivity index (χ0) is 13.8. The van der Waals surface area contributed by atoms with Gasteiger partial charge in [0, 0.05) is 11.1 Å². The third kappa shape index (κ3) is 3.14. The van der Waals surface area contributed by atoms with E-state index >= 15 is 0 Å². The van der Waals surface area contributed by atoms with Crippen LogP contribution in [0.15, 0.2) is 42.5 Å². The molecule has 0 aliphatic heterocycles. The quantitative estimate of drug-likeness (QED) is 0.686. The molecule has 0 radical (unpaired) electrons. The summed E-state index contributed by atoms with van der Waals surface area (Å²) >= 11 is 5.72. The molecule has 2 aromatic rings. The topological polar surface area (TPSA) is 72.6 Å². The van der Waals surface area contributed by atoms with Gasteiger partial charge in [-0.05, 0) is 24.3 Å². The Morgan fingerprint density at radius 3 is 2.68 bits per heavy atom. The molecule has 2 aromatic carbocycles. The second-order valence-electron chi connectivity index (χ2n) is 3.79.